The zero-order chi connectivity index (χ0) is 10.7. The van der Waals surface area contributed by atoms with Gasteiger partial charge in [0.25, 0.3) is 0 Å². The molecule has 1 rings (SSSR count). The molecule has 5 N–H and O–H groups in total. The Labute approximate surface area is 88.4 Å². The molecule has 1 aliphatic heterocycles. The van der Waals surface area contributed by atoms with Crippen LogP contribution < -0.4 is 11.5 Å². The fourth-order valence-corrected chi connectivity index (χ4v) is 2.87. The van der Waals surface area contributed by atoms with E-state index in [9.17, 15) is 0 Å². The van der Waals surface area contributed by atoms with Crippen molar-refractivity contribution in [2.75, 3.05) is 13.1 Å². The van der Waals surface area contributed by atoms with Gasteiger partial charge in [-0.2, -0.15) is 16.8 Å². The summed E-state index contributed by atoms with van der Waals surface area (Å²) in [5.41, 5.74) is 10.4. The van der Waals surface area contributed by atoms with Crippen LogP contribution in [-0.4, -0.2) is 40.4 Å². The van der Waals surface area contributed by atoms with Crippen molar-refractivity contribution in [1.29, 1.82) is 5.41 Å². The van der Waals surface area contributed by atoms with Gasteiger partial charge in [-0.15, -0.1) is 0 Å². The van der Waals surface area contributed by atoms with E-state index in [2.05, 4.69) is 18.8 Å². The quantitative estimate of drug-likeness (QED) is 0.392. The summed E-state index contributed by atoms with van der Waals surface area (Å²) in [6, 6.07) is 0. The van der Waals surface area contributed by atoms with E-state index < -0.39 is 0 Å². The number of hydrogen-bond acceptors (Lipinski definition) is 2. The molecule has 0 bridgehead atoms. The molecule has 1 fully saturated rings. The van der Waals surface area contributed by atoms with Gasteiger partial charge in [0.2, 0.25) is 5.96 Å². The summed E-state index contributed by atoms with van der Waals surface area (Å²) in [7, 11) is 0. The van der Waals surface area contributed by atoms with Crippen LogP contribution in [0.25, 0.3) is 0 Å². The van der Waals surface area contributed by atoms with Crippen LogP contribution in [0, 0.1) is 5.41 Å². The first kappa shape index (κ1) is 11.2. The molecular weight excluding hydrogens is 198 g/mol. The molecular formula is C8H17N5S. The molecule has 1 aliphatic rings. The van der Waals surface area contributed by atoms with Crippen molar-refractivity contribution in [3.63, 3.8) is 0 Å². The summed E-state index contributed by atoms with van der Waals surface area (Å²) in [6.45, 7) is 5.97. The standard InChI is InChI=1S/C8H17N5S/c1-5-3-13(4-6(2)14-5)8(11)12-7(9)10/h5-6H,3-4H2,1-2H3,(H5,9,10,11,12). The van der Waals surface area contributed by atoms with Crippen molar-refractivity contribution in [2.24, 2.45) is 16.5 Å². The van der Waals surface area contributed by atoms with E-state index in [-0.39, 0.29) is 11.9 Å². The first-order chi connectivity index (χ1) is 6.49. The molecule has 80 valence electrons. The lowest BCUT2D eigenvalue weighted by atomic mass is 10.3. The number of thioether (sulfide) groups is 1. The van der Waals surface area contributed by atoms with Crippen molar-refractivity contribution in [3.05, 3.63) is 0 Å². The number of hydrogen-bond donors (Lipinski definition) is 3. The molecule has 2 unspecified atom stereocenters. The van der Waals surface area contributed by atoms with Crippen molar-refractivity contribution in [2.45, 2.75) is 24.3 Å². The van der Waals surface area contributed by atoms with Gasteiger partial charge in [0.15, 0.2) is 5.96 Å². The Morgan fingerprint density at radius 3 is 2.29 bits per heavy atom. The van der Waals surface area contributed by atoms with Gasteiger partial charge in [-0.25, -0.2) is 0 Å². The lowest BCUT2D eigenvalue weighted by molar-refractivity contribution is 0.404. The number of nitrogens with two attached hydrogens (primary N) is 2. The second kappa shape index (κ2) is 4.54. The van der Waals surface area contributed by atoms with Crippen LogP contribution in [0.4, 0.5) is 0 Å². The van der Waals surface area contributed by atoms with E-state index >= 15 is 0 Å². The Morgan fingerprint density at radius 2 is 1.86 bits per heavy atom. The molecule has 0 aliphatic carbocycles. The van der Waals surface area contributed by atoms with E-state index in [0.717, 1.165) is 13.1 Å². The van der Waals surface area contributed by atoms with Crippen LogP contribution >= 0.6 is 11.8 Å². The highest BCUT2D eigenvalue weighted by Crippen LogP contribution is 2.24. The van der Waals surface area contributed by atoms with Gasteiger partial charge in [0.05, 0.1) is 0 Å². The van der Waals surface area contributed by atoms with Crippen molar-refractivity contribution >= 4 is 23.7 Å². The topological polar surface area (TPSA) is 91.5 Å². The van der Waals surface area contributed by atoms with Crippen LogP contribution in [0.2, 0.25) is 0 Å². The smallest absolute Gasteiger partial charge is 0.221 e. The second-order valence-electron chi connectivity index (χ2n) is 3.52. The highest BCUT2D eigenvalue weighted by molar-refractivity contribution is 8.00. The Balaban J connectivity index is 2.59. The summed E-state index contributed by atoms with van der Waals surface area (Å²) in [4.78, 5) is 5.65. The third-order valence-corrected chi connectivity index (χ3v) is 3.18. The Bertz CT molecular complexity index is 238. The molecule has 6 heteroatoms. The maximum Gasteiger partial charge on any atom is 0.221 e. The molecule has 0 radical (unpaired) electrons. The largest absolute Gasteiger partial charge is 0.370 e. The molecule has 5 nitrogen and oxygen atoms in total. The number of guanidine groups is 2. The molecule has 0 spiro atoms. The lowest BCUT2D eigenvalue weighted by Crippen LogP contribution is -2.44. The van der Waals surface area contributed by atoms with Gasteiger partial charge >= 0.3 is 0 Å². The van der Waals surface area contributed by atoms with E-state index in [4.69, 9.17) is 16.9 Å². The third-order valence-electron chi connectivity index (χ3n) is 1.95. The van der Waals surface area contributed by atoms with E-state index in [1.54, 1.807) is 0 Å². The van der Waals surface area contributed by atoms with Crippen LogP contribution in [0.5, 0.6) is 0 Å². The summed E-state index contributed by atoms with van der Waals surface area (Å²) < 4.78 is 0. The van der Waals surface area contributed by atoms with Gasteiger partial charge in [-0.3, -0.25) is 5.41 Å². The average molecular weight is 215 g/mol. The number of nitrogens with one attached hydrogen (secondary N) is 1. The molecule has 0 saturated carbocycles. The monoisotopic (exact) mass is 215 g/mol. The van der Waals surface area contributed by atoms with Crippen molar-refractivity contribution < 1.29 is 0 Å². The normalized spacial score (nSPS) is 27.1. The van der Waals surface area contributed by atoms with Gasteiger partial charge in [0, 0.05) is 23.6 Å². The van der Waals surface area contributed by atoms with E-state index in [1.165, 1.54) is 0 Å². The summed E-state index contributed by atoms with van der Waals surface area (Å²) in [5, 5.41) is 8.71. The summed E-state index contributed by atoms with van der Waals surface area (Å²) >= 11 is 1.93. The molecule has 0 aromatic heterocycles. The van der Waals surface area contributed by atoms with Gasteiger partial charge in [0.1, 0.15) is 0 Å². The van der Waals surface area contributed by atoms with Crippen LogP contribution in [0.1, 0.15) is 13.8 Å². The van der Waals surface area contributed by atoms with Crippen LogP contribution in [0.15, 0.2) is 4.99 Å². The average Bonchev–Trinajstić information content (AvgIpc) is 2.00. The number of nitrogens with zero attached hydrogens (tertiary/aromatic N) is 2. The van der Waals surface area contributed by atoms with Crippen LogP contribution in [-0.2, 0) is 0 Å². The molecule has 0 aromatic rings. The maximum absolute atomic E-state index is 7.66. The first-order valence-electron chi connectivity index (χ1n) is 4.57. The van der Waals surface area contributed by atoms with Gasteiger partial charge in [-0.05, 0) is 0 Å². The van der Waals surface area contributed by atoms with Gasteiger partial charge < -0.3 is 16.4 Å². The Kier molecular flexibility index (Phi) is 3.62. The number of aliphatic imine (C=N–C) groups is 1. The molecule has 14 heavy (non-hydrogen) atoms. The van der Waals surface area contributed by atoms with Gasteiger partial charge in [-0.1, -0.05) is 13.8 Å². The SMILES string of the molecule is CC1CN(C(=N)N=C(N)N)CC(C)S1. The molecule has 1 saturated heterocycles. The highest BCUT2D eigenvalue weighted by Gasteiger charge is 2.23. The minimum absolute atomic E-state index is 0.0477. The van der Waals surface area contributed by atoms with E-state index in [0.29, 0.717) is 10.5 Å². The predicted octanol–water partition coefficient (Wildman–Crippen LogP) is 0.0204. The molecule has 0 aromatic carbocycles. The summed E-state index contributed by atoms with van der Waals surface area (Å²) in [5.74, 6) is 0.123. The minimum atomic E-state index is -0.0477. The Hall–Kier alpha value is -0.910. The summed E-state index contributed by atoms with van der Waals surface area (Å²) in [6.07, 6.45) is 0. The zero-order valence-electron chi connectivity index (χ0n) is 8.53. The highest BCUT2D eigenvalue weighted by atomic mass is 32.2. The molecule has 1 heterocycles. The predicted molar refractivity (Wildman–Crippen MR) is 61.6 cm³/mol. The lowest BCUT2D eigenvalue weighted by Gasteiger charge is -2.34. The third kappa shape index (κ3) is 3.10. The Morgan fingerprint density at radius 1 is 1.36 bits per heavy atom. The first-order valence-corrected chi connectivity index (χ1v) is 5.52. The fourth-order valence-electron chi connectivity index (χ4n) is 1.54. The minimum Gasteiger partial charge on any atom is -0.370 e. The zero-order valence-corrected chi connectivity index (χ0v) is 9.34. The fraction of sp³-hybridized carbons (Fsp3) is 0.750. The number of rotatable bonds is 0. The van der Waals surface area contributed by atoms with Crippen LogP contribution in [0.3, 0.4) is 0 Å². The van der Waals surface area contributed by atoms with E-state index in [1.807, 2.05) is 16.7 Å². The second-order valence-corrected chi connectivity index (χ2v) is 5.40. The van der Waals surface area contributed by atoms with Crippen molar-refractivity contribution in [3.8, 4) is 0 Å². The molecule has 0 amide bonds. The maximum atomic E-state index is 7.66. The molecule has 2 atom stereocenters. The van der Waals surface area contributed by atoms with Crippen molar-refractivity contribution in [1.82, 2.24) is 4.90 Å².